The zero-order chi connectivity index (χ0) is 26.1. The van der Waals surface area contributed by atoms with Gasteiger partial charge in [0, 0.05) is 23.6 Å². The molecule has 36 heavy (non-hydrogen) atoms. The normalized spacial score (nSPS) is 18.9. The van der Waals surface area contributed by atoms with E-state index in [0.29, 0.717) is 6.54 Å². The Morgan fingerprint density at radius 2 is 1.86 bits per heavy atom. The summed E-state index contributed by atoms with van der Waals surface area (Å²) in [6.07, 6.45) is 5.48. The maximum Gasteiger partial charge on any atom is 0.310 e. The van der Waals surface area contributed by atoms with Crippen LogP contribution in [0.25, 0.3) is 5.70 Å². The van der Waals surface area contributed by atoms with Crippen molar-refractivity contribution in [1.82, 2.24) is 15.0 Å². The van der Waals surface area contributed by atoms with Gasteiger partial charge in [-0.05, 0) is 69.7 Å². The number of aromatic nitrogens is 1. The minimum Gasteiger partial charge on any atom is -0.481 e. The third-order valence-corrected chi connectivity index (χ3v) is 8.27. The highest BCUT2D eigenvalue weighted by atomic mass is 32.2. The average molecular weight is 529 g/mol. The first kappa shape index (κ1) is 28.4. The van der Waals surface area contributed by atoms with Crippen LogP contribution in [0.1, 0.15) is 71.4 Å². The van der Waals surface area contributed by atoms with E-state index in [1.54, 1.807) is 25.6 Å². The molecule has 0 radical (unpaired) electrons. The number of fused-ring (bicyclic) bond motifs is 6. The molecule has 2 aromatic rings. The number of allylic oxidation sites excluding steroid dienone is 1. The Balaban J connectivity index is 0.00000176. The van der Waals surface area contributed by atoms with Crippen LogP contribution in [0, 0.1) is 5.41 Å². The molecular weight excluding hydrogens is 488 g/mol. The highest BCUT2D eigenvalue weighted by Crippen LogP contribution is 2.36. The van der Waals surface area contributed by atoms with Gasteiger partial charge in [0.25, 0.3) is 0 Å². The van der Waals surface area contributed by atoms with Gasteiger partial charge in [0.1, 0.15) is 16.3 Å². The molecular formula is C28H40N4O2S2. The molecule has 1 aromatic carbocycles. The number of carbonyl (C=O) groups is 1. The van der Waals surface area contributed by atoms with Crippen LogP contribution in [0.5, 0.6) is 0 Å². The van der Waals surface area contributed by atoms with Gasteiger partial charge in [0.2, 0.25) is 0 Å². The van der Waals surface area contributed by atoms with Crippen LogP contribution in [-0.2, 0) is 11.2 Å². The number of nitrogens with one attached hydrogen (secondary N) is 2. The summed E-state index contributed by atoms with van der Waals surface area (Å²) in [7, 11) is 0. The van der Waals surface area contributed by atoms with Gasteiger partial charge in [0.15, 0.2) is 0 Å². The Bertz CT molecular complexity index is 1060. The third-order valence-electron chi connectivity index (χ3n) is 6.30. The second-order valence-electron chi connectivity index (χ2n) is 9.56. The maximum atomic E-state index is 11.8. The molecule has 0 fully saturated rings. The molecule has 3 N–H and O–H groups in total. The fourth-order valence-corrected chi connectivity index (χ4v) is 6.07. The van der Waals surface area contributed by atoms with Crippen molar-refractivity contribution in [3.05, 3.63) is 58.5 Å². The predicted octanol–water partition coefficient (Wildman–Crippen LogP) is 6.75. The van der Waals surface area contributed by atoms with Gasteiger partial charge >= 0.3 is 5.97 Å². The number of carboxylic acid groups (broad SMARTS) is 1. The zero-order valence-corrected chi connectivity index (χ0v) is 23.8. The van der Waals surface area contributed by atoms with E-state index < -0.39 is 11.4 Å². The summed E-state index contributed by atoms with van der Waals surface area (Å²) in [4.78, 5) is 20.1. The first-order valence-corrected chi connectivity index (χ1v) is 14.6. The summed E-state index contributed by atoms with van der Waals surface area (Å²) in [6.45, 7) is 11.0. The minimum atomic E-state index is -0.852. The van der Waals surface area contributed by atoms with Gasteiger partial charge in [-0.3, -0.25) is 4.79 Å². The number of anilines is 1. The molecule has 2 aliphatic heterocycles. The number of nitrogens with zero attached hydrogens (tertiary/aromatic N) is 2. The summed E-state index contributed by atoms with van der Waals surface area (Å²) in [5.41, 5.74) is 3.10. The highest BCUT2D eigenvalue weighted by Gasteiger charge is 2.30. The first-order valence-electron chi connectivity index (χ1n) is 12.9. The van der Waals surface area contributed by atoms with Crippen LogP contribution in [0.4, 0.5) is 5.82 Å². The second kappa shape index (κ2) is 13.4. The van der Waals surface area contributed by atoms with Crippen molar-refractivity contribution in [1.29, 1.82) is 0 Å². The Morgan fingerprint density at radius 1 is 1.11 bits per heavy atom. The molecule has 0 saturated heterocycles. The molecule has 3 heterocycles. The van der Waals surface area contributed by atoms with Gasteiger partial charge in [-0.15, -0.1) is 0 Å². The van der Waals surface area contributed by atoms with Gasteiger partial charge < -0.3 is 15.3 Å². The molecule has 6 nitrogen and oxygen atoms in total. The van der Waals surface area contributed by atoms with Crippen molar-refractivity contribution in [2.75, 3.05) is 18.0 Å². The van der Waals surface area contributed by atoms with Gasteiger partial charge in [-0.25, -0.2) is 9.71 Å². The Hall–Kier alpha value is -2.16. The standard InChI is InChI=1S/C26H34N4O2S2.C2H6/c1-18-23-20-13-8-7-12-19(20)11-6-4-5-9-16-30(17-26(2,3)24(31)32)21-14-10-15-22(27-21)34-29-25(28-23)33-18;1-2/h7-8,10,12-15,25,28-29H,4-6,9,11,16-17H2,1-3H3,(H,31,32);1-2H3. The second-order valence-corrected chi connectivity index (χ2v) is 11.7. The van der Waals surface area contributed by atoms with Crippen LogP contribution >= 0.6 is 23.7 Å². The van der Waals surface area contributed by atoms with E-state index in [4.69, 9.17) is 4.98 Å². The number of thioether (sulfide) groups is 1. The number of hydrogen-bond donors (Lipinski definition) is 3. The fraction of sp³-hybridized carbons (Fsp3) is 0.500. The predicted molar refractivity (Wildman–Crippen MR) is 154 cm³/mol. The van der Waals surface area contributed by atoms with Crippen molar-refractivity contribution < 1.29 is 9.90 Å². The lowest BCUT2D eigenvalue weighted by molar-refractivity contribution is -0.146. The van der Waals surface area contributed by atoms with E-state index in [2.05, 4.69) is 46.1 Å². The molecule has 2 aliphatic rings. The lowest BCUT2D eigenvalue weighted by atomic mass is 9.93. The van der Waals surface area contributed by atoms with Crippen molar-refractivity contribution in [3.63, 3.8) is 0 Å². The SMILES string of the molecule is CC.CC1=C2NC(NSc3cccc(n3)N(CC(C)(C)C(=O)O)CCCCCCc3ccccc32)S1. The van der Waals surface area contributed by atoms with E-state index in [-0.39, 0.29) is 5.50 Å². The summed E-state index contributed by atoms with van der Waals surface area (Å²) in [5.74, 6) is 0.0460. The summed E-state index contributed by atoms with van der Waals surface area (Å²) < 4.78 is 3.51. The van der Waals surface area contributed by atoms with Crippen molar-refractivity contribution >= 4 is 41.2 Å². The zero-order valence-electron chi connectivity index (χ0n) is 22.1. The van der Waals surface area contributed by atoms with Crippen LogP contribution in [0.2, 0.25) is 0 Å². The van der Waals surface area contributed by atoms with Gasteiger partial charge in [-0.1, -0.05) is 68.8 Å². The van der Waals surface area contributed by atoms with E-state index in [1.165, 1.54) is 33.7 Å². The number of carboxylic acids is 1. The number of hydrogen-bond acceptors (Lipinski definition) is 7. The largest absolute Gasteiger partial charge is 0.481 e. The average Bonchev–Trinajstić information content (AvgIpc) is 3.25. The van der Waals surface area contributed by atoms with Crippen molar-refractivity contribution in [2.45, 2.75) is 77.2 Å². The Morgan fingerprint density at radius 3 is 2.64 bits per heavy atom. The molecule has 1 unspecified atom stereocenters. The lowest BCUT2D eigenvalue weighted by Crippen LogP contribution is -2.40. The van der Waals surface area contributed by atoms with Crippen LogP contribution in [-0.4, -0.2) is 34.6 Å². The smallest absolute Gasteiger partial charge is 0.310 e. The molecule has 0 spiro atoms. The summed E-state index contributed by atoms with van der Waals surface area (Å²) in [5, 5.41) is 14.2. The lowest BCUT2D eigenvalue weighted by Gasteiger charge is -2.31. The van der Waals surface area contributed by atoms with Crippen LogP contribution in [0.3, 0.4) is 0 Å². The summed E-state index contributed by atoms with van der Waals surface area (Å²) in [6, 6.07) is 14.7. The van der Waals surface area contributed by atoms with E-state index in [0.717, 1.165) is 49.5 Å². The fourth-order valence-electron chi connectivity index (χ4n) is 4.34. The molecule has 4 bridgehead atoms. The quantitative estimate of drug-likeness (QED) is 0.378. The molecule has 1 atom stereocenters. The number of aryl methyl sites for hydroxylation is 1. The molecule has 8 heteroatoms. The molecule has 0 amide bonds. The molecule has 1 aromatic heterocycles. The molecule has 4 rings (SSSR count). The van der Waals surface area contributed by atoms with Gasteiger partial charge in [0.05, 0.1) is 11.1 Å². The first-order chi connectivity index (χ1) is 17.3. The van der Waals surface area contributed by atoms with Gasteiger partial charge in [-0.2, -0.15) is 0 Å². The highest BCUT2D eigenvalue weighted by molar-refractivity contribution is 8.05. The molecule has 0 aliphatic carbocycles. The number of rotatable bonds is 3. The van der Waals surface area contributed by atoms with E-state index in [1.807, 2.05) is 32.0 Å². The van der Waals surface area contributed by atoms with Crippen LogP contribution < -0.4 is 14.9 Å². The Kier molecular flexibility index (Phi) is 10.6. The topological polar surface area (TPSA) is 77.5 Å². The summed E-state index contributed by atoms with van der Waals surface area (Å²) >= 11 is 3.30. The number of pyridine rings is 1. The molecule has 196 valence electrons. The maximum absolute atomic E-state index is 11.8. The number of aliphatic carboxylic acids is 1. The Labute approximate surface area is 224 Å². The van der Waals surface area contributed by atoms with E-state index >= 15 is 0 Å². The minimum absolute atomic E-state index is 0.0521. The third kappa shape index (κ3) is 7.43. The van der Waals surface area contributed by atoms with Crippen LogP contribution in [0.15, 0.2) is 52.4 Å². The monoisotopic (exact) mass is 528 g/mol. The van der Waals surface area contributed by atoms with Crippen molar-refractivity contribution in [2.24, 2.45) is 5.41 Å². The van der Waals surface area contributed by atoms with Crippen molar-refractivity contribution in [3.8, 4) is 0 Å². The number of benzene rings is 1. The van der Waals surface area contributed by atoms with E-state index in [9.17, 15) is 9.90 Å². The molecule has 0 saturated carbocycles.